The van der Waals surface area contributed by atoms with Gasteiger partial charge in [-0.1, -0.05) is 0 Å². The minimum absolute atomic E-state index is 0. The fraction of sp³-hybridized carbons (Fsp3) is 0.900. The number of hydrogen-bond acceptors (Lipinski definition) is 2. The monoisotopic (exact) mass is 221 g/mol. The maximum Gasteiger partial charge on any atom is 0.304 e. The molecule has 0 amide bonds. The lowest BCUT2D eigenvalue weighted by molar-refractivity contribution is -0.138. The van der Waals surface area contributed by atoms with E-state index in [0.717, 1.165) is 19.4 Å². The highest BCUT2D eigenvalue weighted by atomic mass is 35.5. The average molecular weight is 222 g/mol. The second-order valence-corrected chi connectivity index (χ2v) is 4.76. The fourth-order valence-corrected chi connectivity index (χ4v) is 2.13. The van der Waals surface area contributed by atoms with Crippen LogP contribution in [0.15, 0.2) is 0 Å². The molecule has 4 heteroatoms. The molecule has 1 fully saturated rings. The van der Waals surface area contributed by atoms with Crippen molar-refractivity contribution in [3.05, 3.63) is 0 Å². The Labute approximate surface area is 91.9 Å². The van der Waals surface area contributed by atoms with Crippen molar-refractivity contribution in [2.24, 2.45) is 0 Å². The Morgan fingerprint density at radius 1 is 1.50 bits per heavy atom. The Morgan fingerprint density at radius 3 is 2.50 bits per heavy atom. The zero-order valence-electron chi connectivity index (χ0n) is 9.12. The lowest BCUT2D eigenvalue weighted by Gasteiger charge is -2.36. The number of carboxylic acids is 1. The Balaban J connectivity index is 0.00000169. The number of likely N-dealkylation sites (tertiary alicyclic amines) is 1. The number of carboxylic acid groups (broad SMARTS) is 1. The topological polar surface area (TPSA) is 40.5 Å². The van der Waals surface area contributed by atoms with Crippen LogP contribution in [0.5, 0.6) is 0 Å². The third-order valence-corrected chi connectivity index (χ3v) is 2.65. The standard InChI is InChI=1S/C10H19NO2.ClH/c1-10(2,3)11-6-4-5-8(11)7-9(12)13;/h8H,4-7H2,1-3H3,(H,12,13);1H. The van der Waals surface area contributed by atoms with Crippen LogP contribution in [-0.2, 0) is 4.79 Å². The number of halogens is 1. The zero-order chi connectivity index (χ0) is 10.1. The van der Waals surface area contributed by atoms with E-state index in [9.17, 15) is 4.79 Å². The van der Waals surface area contributed by atoms with Crippen LogP contribution >= 0.6 is 12.4 Å². The molecule has 0 aromatic carbocycles. The van der Waals surface area contributed by atoms with Crippen molar-refractivity contribution < 1.29 is 9.90 Å². The van der Waals surface area contributed by atoms with E-state index in [4.69, 9.17) is 5.11 Å². The molecule has 1 rings (SSSR count). The summed E-state index contributed by atoms with van der Waals surface area (Å²) >= 11 is 0. The van der Waals surface area contributed by atoms with Crippen molar-refractivity contribution in [3.63, 3.8) is 0 Å². The van der Waals surface area contributed by atoms with E-state index in [1.54, 1.807) is 0 Å². The maximum absolute atomic E-state index is 10.6. The van der Waals surface area contributed by atoms with Gasteiger partial charge in [0.1, 0.15) is 0 Å². The third kappa shape index (κ3) is 3.46. The molecule has 0 spiro atoms. The van der Waals surface area contributed by atoms with Crippen LogP contribution < -0.4 is 0 Å². The van der Waals surface area contributed by atoms with Gasteiger partial charge in [-0.3, -0.25) is 9.69 Å². The number of hydrogen-bond donors (Lipinski definition) is 1. The van der Waals surface area contributed by atoms with Gasteiger partial charge in [0.25, 0.3) is 0 Å². The first-order chi connectivity index (χ1) is 5.91. The Bertz CT molecular complexity index is 201. The largest absolute Gasteiger partial charge is 0.481 e. The number of carbonyl (C=O) groups is 1. The predicted octanol–water partition coefficient (Wildman–Crippen LogP) is 2.15. The highest BCUT2D eigenvalue weighted by Crippen LogP contribution is 2.27. The smallest absolute Gasteiger partial charge is 0.304 e. The minimum atomic E-state index is -0.679. The molecule has 1 N–H and O–H groups in total. The second-order valence-electron chi connectivity index (χ2n) is 4.76. The molecule has 1 unspecified atom stereocenters. The fourth-order valence-electron chi connectivity index (χ4n) is 2.13. The van der Waals surface area contributed by atoms with E-state index >= 15 is 0 Å². The predicted molar refractivity (Wildman–Crippen MR) is 59.0 cm³/mol. The minimum Gasteiger partial charge on any atom is -0.481 e. The van der Waals surface area contributed by atoms with Crippen LogP contribution in [-0.4, -0.2) is 34.1 Å². The molecule has 0 aromatic heterocycles. The van der Waals surface area contributed by atoms with E-state index < -0.39 is 5.97 Å². The first kappa shape index (κ1) is 13.7. The van der Waals surface area contributed by atoms with Crippen LogP contribution in [0, 0.1) is 0 Å². The van der Waals surface area contributed by atoms with Crippen molar-refractivity contribution in [1.82, 2.24) is 4.90 Å². The quantitative estimate of drug-likeness (QED) is 0.777. The molecule has 1 aliphatic heterocycles. The van der Waals surface area contributed by atoms with Crippen LogP contribution in [0.3, 0.4) is 0 Å². The van der Waals surface area contributed by atoms with E-state index in [1.165, 1.54) is 0 Å². The molecule has 0 radical (unpaired) electrons. The zero-order valence-corrected chi connectivity index (χ0v) is 9.93. The Kier molecular flexibility index (Phi) is 4.89. The average Bonchev–Trinajstić information content (AvgIpc) is 2.31. The van der Waals surface area contributed by atoms with Crippen molar-refractivity contribution in [3.8, 4) is 0 Å². The summed E-state index contributed by atoms with van der Waals surface area (Å²) in [5.74, 6) is -0.679. The molecular formula is C10H20ClNO2. The lowest BCUT2D eigenvalue weighted by Crippen LogP contribution is -2.45. The normalized spacial score (nSPS) is 23.2. The van der Waals surface area contributed by atoms with Crippen LogP contribution in [0.4, 0.5) is 0 Å². The SMILES string of the molecule is CC(C)(C)N1CCCC1CC(=O)O.Cl. The summed E-state index contributed by atoms with van der Waals surface area (Å²) in [7, 11) is 0. The highest BCUT2D eigenvalue weighted by Gasteiger charge is 2.33. The van der Waals surface area contributed by atoms with Crippen molar-refractivity contribution in [1.29, 1.82) is 0 Å². The van der Waals surface area contributed by atoms with E-state index in [0.29, 0.717) is 0 Å². The first-order valence-corrected chi connectivity index (χ1v) is 4.90. The van der Waals surface area contributed by atoms with Gasteiger partial charge in [-0.05, 0) is 40.2 Å². The molecule has 0 aliphatic carbocycles. The van der Waals surface area contributed by atoms with Crippen molar-refractivity contribution >= 4 is 18.4 Å². The summed E-state index contributed by atoms with van der Waals surface area (Å²) in [5.41, 5.74) is 0.108. The summed E-state index contributed by atoms with van der Waals surface area (Å²) in [6, 6.07) is 0.248. The third-order valence-electron chi connectivity index (χ3n) is 2.65. The molecule has 1 heterocycles. The van der Waals surface area contributed by atoms with Gasteiger partial charge in [0, 0.05) is 11.6 Å². The van der Waals surface area contributed by atoms with Gasteiger partial charge in [0.05, 0.1) is 6.42 Å². The van der Waals surface area contributed by atoms with Gasteiger partial charge in [-0.25, -0.2) is 0 Å². The second kappa shape index (κ2) is 4.99. The van der Waals surface area contributed by atoms with Gasteiger partial charge in [0.15, 0.2) is 0 Å². The van der Waals surface area contributed by atoms with Crippen molar-refractivity contribution in [2.45, 2.75) is 51.6 Å². The molecule has 84 valence electrons. The molecule has 0 bridgehead atoms. The van der Waals surface area contributed by atoms with E-state index in [-0.39, 0.29) is 30.4 Å². The van der Waals surface area contributed by atoms with Crippen molar-refractivity contribution in [2.75, 3.05) is 6.54 Å². The highest BCUT2D eigenvalue weighted by molar-refractivity contribution is 5.85. The van der Waals surface area contributed by atoms with Crippen LogP contribution in [0.25, 0.3) is 0 Å². The molecular weight excluding hydrogens is 202 g/mol. The van der Waals surface area contributed by atoms with Gasteiger partial charge >= 0.3 is 5.97 Å². The van der Waals surface area contributed by atoms with Crippen LogP contribution in [0.2, 0.25) is 0 Å². The molecule has 0 aromatic rings. The molecule has 3 nitrogen and oxygen atoms in total. The summed E-state index contributed by atoms with van der Waals surface area (Å²) in [6.07, 6.45) is 2.45. The van der Waals surface area contributed by atoms with Gasteiger partial charge in [-0.2, -0.15) is 0 Å². The summed E-state index contributed by atoms with van der Waals surface area (Å²) in [5, 5.41) is 8.73. The molecule has 1 aliphatic rings. The van der Waals surface area contributed by atoms with Gasteiger partial charge in [0.2, 0.25) is 0 Å². The Hall–Kier alpha value is -0.280. The summed E-state index contributed by atoms with van der Waals surface area (Å²) < 4.78 is 0. The number of rotatable bonds is 2. The number of aliphatic carboxylic acids is 1. The lowest BCUT2D eigenvalue weighted by atomic mass is 10.0. The first-order valence-electron chi connectivity index (χ1n) is 4.90. The molecule has 14 heavy (non-hydrogen) atoms. The summed E-state index contributed by atoms with van der Waals surface area (Å²) in [6.45, 7) is 7.48. The van der Waals surface area contributed by atoms with Gasteiger partial charge < -0.3 is 5.11 Å². The maximum atomic E-state index is 10.6. The molecule has 0 saturated carbocycles. The number of nitrogens with zero attached hydrogens (tertiary/aromatic N) is 1. The van der Waals surface area contributed by atoms with Gasteiger partial charge in [-0.15, -0.1) is 12.4 Å². The van der Waals surface area contributed by atoms with Crippen LogP contribution in [0.1, 0.15) is 40.0 Å². The Morgan fingerprint density at radius 2 is 2.07 bits per heavy atom. The summed E-state index contributed by atoms with van der Waals surface area (Å²) in [4.78, 5) is 12.9. The van der Waals surface area contributed by atoms with E-state index in [1.807, 2.05) is 0 Å². The molecule has 1 saturated heterocycles. The molecule has 1 atom stereocenters. The van der Waals surface area contributed by atoms with E-state index in [2.05, 4.69) is 25.7 Å².